The molecule has 2 aromatic carbocycles. The summed E-state index contributed by atoms with van der Waals surface area (Å²) in [5, 5.41) is 5.46. The number of rotatable bonds is 5. The van der Waals surface area contributed by atoms with Crippen LogP contribution in [0.4, 0.5) is 11.4 Å². The predicted molar refractivity (Wildman–Crippen MR) is 103 cm³/mol. The van der Waals surface area contributed by atoms with Crippen molar-refractivity contribution in [2.24, 2.45) is 0 Å². The molecular weight excluding hydrogens is 328 g/mol. The first-order valence-electron chi connectivity index (χ1n) is 8.78. The average molecular weight is 352 g/mol. The first-order chi connectivity index (χ1) is 12.6. The summed E-state index contributed by atoms with van der Waals surface area (Å²) in [6.07, 6.45) is 1.87. The molecule has 1 aliphatic heterocycles. The first-order valence-corrected chi connectivity index (χ1v) is 8.78. The molecule has 1 heterocycles. The largest absolute Gasteiger partial charge is 0.398 e. The number of hydrogen-bond acceptors (Lipinski definition) is 4. The Morgan fingerprint density at radius 1 is 1.15 bits per heavy atom. The maximum absolute atomic E-state index is 12.6. The van der Waals surface area contributed by atoms with Crippen LogP contribution >= 0.6 is 0 Å². The van der Waals surface area contributed by atoms with Gasteiger partial charge in [-0.1, -0.05) is 36.4 Å². The molecule has 0 saturated heterocycles. The van der Waals surface area contributed by atoms with Crippen molar-refractivity contribution in [3.05, 3.63) is 59.7 Å². The number of likely N-dealkylation sites (N-methyl/N-ethyl adjacent to an activating group) is 1. The number of fused-ring (bicyclic) bond motifs is 1. The van der Waals surface area contributed by atoms with E-state index in [0.717, 1.165) is 41.9 Å². The van der Waals surface area contributed by atoms with Gasteiger partial charge >= 0.3 is 0 Å². The fourth-order valence-electron chi connectivity index (χ4n) is 3.36. The molecule has 26 heavy (non-hydrogen) atoms. The zero-order valence-corrected chi connectivity index (χ0v) is 14.9. The molecule has 2 amide bonds. The number of anilines is 2. The number of hydrogen-bond donors (Lipinski definition) is 3. The Hall–Kier alpha value is -3.02. The third-order valence-electron chi connectivity index (χ3n) is 4.66. The molecule has 0 radical (unpaired) electrons. The van der Waals surface area contributed by atoms with Crippen LogP contribution in [0, 0.1) is 0 Å². The van der Waals surface area contributed by atoms with E-state index in [9.17, 15) is 9.59 Å². The topological polar surface area (TPSA) is 87.5 Å². The molecule has 1 aliphatic rings. The van der Waals surface area contributed by atoms with Crippen molar-refractivity contribution >= 4 is 23.2 Å². The lowest BCUT2D eigenvalue weighted by atomic mass is 10.00. The number of nitrogens with one attached hydrogen (secondary N) is 2. The number of carbonyl (C=O) groups is 2. The van der Waals surface area contributed by atoms with Gasteiger partial charge in [0, 0.05) is 25.0 Å². The molecule has 6 nitrogen and oxygen atoms in total. The summed E-state index contributed by atoms with van der Waals surface area (Å²) in [6.45, 7) is 0.983. The Morgan fingerprint density at radius 2 is 1.92 bits per heavy atom. The molecule has 4 N–H and O–H groups in total. The van der Waals surface area contributed by atoms with Crippen molar-refractivity contribution in [1.29, 1.82) is 0 Å². The molecule has 136 valence electrons. The molecule has 1 atom stereocenters. The zero-order chi connectivity index (χ0) is 18.5. The fourth-order valence-corrected chi connectivity index (χ4v) is 3.36. The van der Waals surface area contributed by atoms with E-state index >= 15 is 0 Å². The van der Waals surface area contributed by atoms with Gasteiger partial charge in [-0.15, -0.1) is 0 Å². The van der Waals surface area contributed by atoms with Crippen molar-refractivity contribution in [1.82, 2.24) is 10.6 Å². The third kappa shape index (κ3) is 3.79. The highest BCUT2D eigenvalue weighted by Crippen LogP contribution is 2.31. The molecule has 0 aliphatic carbocycles. The van der Waals surface area contributed by atoms with E-state index in [4.69, 9.17) is 5.73 Å². The Balaban J connectivity index is 1.74. The van der Waals surface area contributed by atoms with E-state index in [1.165, 1.54) is 0 Å². The SMILES string of the molecule is CNC(=O)C(NC(=O)CN1CCCc2c(N)cccc21)c1ccccc1. The summed E-state index contributed by atoms with van der Waals surface area (Å²) >= 11 is 0. The van der Waals surface area contributed by atoms with Crippen LogP contribution in [0.15, 0.2) is 48.5 Å². The summed E-state index contributed by atoms with van der Waals surface area (Å²) in [4.78, 5) is 26.9. The lowest BCUT2D eigenvalue weighted by Crippen LogP contribution is -2.44. The molecule has 0 bridgehead atoms. The van der Waals surface area contributed by atoms with Gasteiger partial charge in [0.05, 0.1) is 6.54 Å². The quantitative estimate of drug-likeness (QED) is 0.714. The van der Waals surface area contributed by atoms with Crippen molar-refractivity contribution in [2.75, 3.05) is 30.8 Å². The van der Waals surface area contributed by atoms with Crippen molar-refractivity contribution in [3.63, 3.8) is 0 Å². The highest BCUT2D eigenvalue weighted by molar-refractivity contribution is 5.90. The van der Waals surface area contributed by atoms with Gasteiger partial charge in [0.25, 0.3) is 0 Å². The monoisotopic (exact) mass is 352 g/mol. The Labute approximate surface area is 153 Å². The summed E-state index contributed by atoms with van der Waals surface area (Å²) in [5.41, 5.74) is 9.68. The fraction of sp³-hybridized carbons (Fsp3) is 0.300. The molecular formula is C20H24N4O2. The van der Waals surface area contributed by atoms with Gasteiger partial charge in [-0.25, -0.2) is 0 Å². The minimum Gasteiger partial charge on any atom is -0.398 e. The number of nitrogens with zero attached hydrogens (tertiary/aromatic N) is 1. The van der Waals surface area contributed by atoms with E-state index < -0.39 is 6.04 Å². The van der Waals surface area contributed by atoms with Crippen LogP contribution in [-0.4, -0.2) is 32.0 Å². The van der Waals surface area contributed by atoms with Crippen LogP contribution in [0.3, 0.4) is 0 Å². The Morgan fingerprint density at radius 3 is 2.65 bits per heavy atom. The van der Waals surface area contributed by atoms with Gasteiger partial charge in [0.15, 0.2) is 0 Å². The molecule has 0 aromatic heterocycles. The number of amides is 2. The van der Waals surface area contributed by atoms with Gasteiger partial charge in [-0.2, -0.15) is 0 Å². The van der Waals surface area contributed by atoms with Gasteiger partial charge in [0.2, 0.25) is 11.8 Å². The van der Waals surface area contributed by atoms with Crippen LogP contribution in [0.1, 0.15) is 23.6 Å². The van der Waals surface area contributed by atoms with Crippen LogP contribution in [0.5, 0.6) is 0 Å². The second kappa shape index (κ2) is 7.91. The minimum atomic E-state index is -0.709. The number of nitrogens with two attached hydrogens (primary N) is 1. The number of carbonyl (C=O) groups excluding carboxylic acids is 2. The molecule has 3 rings (SSSR count). The predicted octanol–water partition coefficient (Wildman–Crippen LogP) is 1.62. The van der Waals surface area contributed by atoms with Crippen LogP contribution in [-0.2, 0) is 16.0 Å². The van der Waals surface area contributed by atoms with Crippen molar-refractivity contribution in [2.45, 2.75) is 18.9 Å². The smallest absolute Gasteiger partial charge is 0.246 e. The molecule has 0 fully saturated rings. The molecule has 0 spiro atoms. The van der Waals surface area contributed by atoms with Crippen LogP contribution < -0.4 is 21.3 Å². The average Bonchev–Trinajstić information content (AvgIpc) is 2.67. The Bertz CT molecular complexity index is 792. The highest BCUT2D eigenvalue weighted by Gasteiger charge is 2.25. The lowest BCUT2D eigenvalue weighted by Gasteiger charge is -2.32. The normalized spacial score (nSPS) is 14.3. The van der Waals surface area contributed by atoms with E-state index in [-0.39, 0.29) is 18.4 Å². The summed E-state index contributed by atoms with van der Waals surface area (Å²) < 4.78 is 0. The molecule has 6 heteroatoms. The zero-order valence-electron chi connectivity index (χ0n) is 14.9. The highest BCUT2D eigenvalue weighted by atomic mass is 16.2. The van der Waals surface area contributed by atoms with E-state index in [1.54, 1.807) is 7.05 Å². The lowest BCUT2D eigenvalue weighted by molar-refractivity contribution is -0.128. The number of benzene rings is 2. The van der Waals surface area contributed by atoms with Crippen molar-refractivity contribution in [3.8, 4) is 0 Å². The summed E-state index contributed by atoms with van der Waals surface area (Å²) in [7, 11) is 1.56. The van der Waals surface area contributed by atoms with Crippen LogP contribution in [0.25, 0.3) is 0 Å². The summed E-state index contributed by atoms with van der Waals surface area (Å²) in [5.74, 6) is -0.439. The summed E-state index contributed by atoms with van der Waals surface area (Å²) in [6, 6.07) is 14.3. The standard InChI is InChI=1S/C20H24N4O2/c1-22-20(26)19(14-7-3-2-4-8-14)23-18(25)13-24-12-6-9-15-16(21)10-5-11-17(15)24/h2-5,7-8,10-11,19H,6,9,12-13,21H2,1H3,(H,22,26)(H,23,25). The van der Waals surface area contributed by atoms with Crippen LogP contribution in [0.2, 0.25) is 0 Å². The van der Waals surface area contributed by atoms with Crippen molar-refractivity contribution < 1.29 is 9.59 Å². The van der Waals surface area contributed by atoms with E-state index in [2.05, 4.69) is 10.6 Å². The Kier molecular flexibility index (Phi) is 5.41. The van der Waals surface area contributed by atoms with Gasteiger partial charge in [-0.3, -0.25) is 9.59 Å². The first kappa shape index (κ1) is 17.8. The third-order valence-corrected chi connectivity index (χ3v) is 4.66. The number of nitrogen functional groups attached to an aromatic ring is 1. The maximum atomic E-state index is 12.6. The van der Waals surface area contributed by atoms with Gasteiger partial charge < -0.3 is 21.3 Å². The minimum absolute atomic E-state index is 0.191. The van der Waals surface area contributed by atoms with E-state index in [1.807, 2.05) is 53.4 Å². The van der Waals surface area contributed by atoms with Gasteiger partial charge in [0.1, 0.15) is 6.04 Å². The molecule has 2 aromatic rings. The second-order valence-electron chi connectivity index (χ2n) is 6.40. The van der Waals surface area contributed by atoms with Gasteiger partial charge in [-0.05, 0) is 36.1 Å². The molecule has 1 unspecified atom stereocenters. The maximum Gasteiger partial charge on any atom is 0.246 e. The van der Waals surface area contributed by atoms with E-state index in [0.29, 0.717) is 0 Å². The second-order valence-corrected chi connectivity index (χ2v) is 6.40. The molecule has 0 saturated carbocycles.